The van der Waals surface area contributed by atoms with Gasteiger partial charge in [0.1, 0.15) is 17.5 Å². The molecule has 2 rings (SSSR count). The van der Waals surface area contributed by atoms with E-state index in [1.54, 1.807) is 30.7 Å². The number of furan rings is 1. The van der Waals surface area contributed by atoms with Gasteiger partial charge in [0, 0.05) is 6.21 Å². The second-order valence-electron chi connectivity index (χ2n) is 2.98. The van der Waals surface area contributed by atoms with Gasteiger partial charge in [-0.05, 0) is 18.2 Å². The normalized spacial score (nSPS) is 26.2. The molecule has 2 heterocycles. The molecule has 0 saturated carbocycles. The molecule has 66 valence electrons. The smallest absolute Gasteiger partial charge is 0.139 e. The van der Waals surface area contributed by atoms with Crippen LogP contribution in [0.25, 0.3) is 0 Å². The van der Waals surface area contributed by atoms with Crippen molar-refractivity contribution in [2.45, 2.75) is 5.41 Å². The number of hydrogen-bond donors (Lipinski definition) is 0. The molecule has 0 fully saturated rings. The van der Waals surface area contributed by atoms with Crippen molar-refractivity contribution >= 4 is 12.5 Å². The minimum atomic E-state index is -0.682. The molecular formula is C10H9NO2. The van der Waals surface area contributed by atoms with Crippen LogP contribution in [-0.2, 0) is 10.2 Å². The Hall–Kier alpha value is -1.64. The van der Waals surface area contributed by atoms with E-state index in [0.717, 1.165) is 6.29 Å². The summed E-state index contributed by atoms with van der Waals surface area (Å²) in [6.07, 6.45) is 7.70. The van der Waals surface area contributed by atoms with E-state index in [-0.39, 0.29) is 0 Å². The summed E-state index contributed by atoms with van der Waals surface area (Å²) in [5.41, 5.74) is -0.682. The summed E-state index contributed by atoms with van der Waals surface area (Å²) in [6, 6.07) is 3.56. The standard InChI is InChI=1S/C10H9NO2/c12-8-10(4-2-5-11-7-10)9-3-1-6-13-9/h1-6,8H,7H2/t10-/m0/s1. The number of allylic oxidation sites excluding steroid dienone is 1. The molecule has 3 heteroatoms. The molecule has 1 atom stereocenters. The summed E-state index contributed by atoms with van der Waals surface area (Å²) < 4.78 is 5.21. The van der Waals surface area contributed by atoms with E-state index in [1.807, 2.05) is 6.08 Å². The van der Waals surface area contributed by atoms with Crippen LogP contribution in [-0.4, -0.2) is 19.0 Å². The third-order valence-corrected chi connectivity index (χ3v) is 2.13. The second-order valence-corrected chi connectivity index (χ2v) is 2.98. The van der Waals surface area contributed by atoms with Gasteiger partial charge in [0.15, 0.2) is 0 Å². The molecular weight excluding hydrogens is 166 g/mol. The number of aliphatic imine (C=N–C) groups is 1. The topological polar surface area (TPSA) is 42.6 Å². The largest absolute Gasteiger partial charge is 0.468 e. The first-order valence-electron chi connectivity index (χ1n) is 4.05. The number of aldehydes is 1. The van der Waals surface area contributed by atoms with Crippen molar-refractivity contribution in [1.82, 2.24) is 0 Å². The van der Waals surface area contributed by atoms with Crippen molar-refractivity contribution in [3.05, 3.63) is 36.3 Å². The monoisotopic (exact) mass is 175 g/mol. The molecule has 0 amide bonds. The zero-order chi connectivity index (χ0) is 9.15. The van der Waals surface area contributed by atoms with E-state index >= 15 is 0 Å². The fraction of sp³-hybridized carbons (Fsp3) is 0.200. The van der Waals surface area contributed by atoms with Gasteiger partial charge in [0.2, 0.25) is 0 Å². The lowest BCUT2D eigenvalue weighted by Gasteiger charge is -2.20. The van der Waals surface area contributed by atoms with Crippen LogP contribution < -0.4 is 0 Å². The Morgan fingerprint density at radius 1 is 1.62 bits per heavy atom. The Kier molecular flexibility index (Phi) is 1.85. The van der Waals surface area contributed by atoms with E-state index in [0.29, 0.717) is 12.3 Å². The summed E-state index contributed by atoms with van der Waals surface area (Å²) in [7, 11) is 0. The predicted octanol–water partition coefficient (Wildman–Crippen LogP) is 1.36. The summed E-state index contributed by atoms with van der Waals surface area (Å²) >= 11 is 0. The Morgan fingerprint density at radius 2 is 2.54 bits per heavy atom. The van der Waals surface area contributed by atoms with Gasteiger partial charge in [-0.2, -0.15) is 0 Å². The number of nitrogens with zero attached hydrogens (tertiary/aromatic N) is 1. The Bertz CT molecular complexity index is 351. The number of carbonyl (C=O) groups is 1. The lowest BCUT2D eigenvalue weighted by molar-refractivity contribution is -0.111. The highest BCUT2D eigenvalue weighted by molar-refractivity contribution is 5.80. The van der Waals surface area contributed by atoms with Crippen molar-refractivity contribution in [1.29, 1.82) is 0 Å². The second kappa shape index (κ2) is 3.01. The quantitative estimate of drug-likeness (QED) is 0.637. The van der Waals surface area contributed by atoms with Crippen LogP contribution in [0.1, 0.15) is 5.76 Å². The zero-order valence-electron chi connectivity index (χ0n) is 7.01. The van der Waals surface area contributed by atoms with Crippen LogP contribution in [0, 0.1) is 0 Å². The van der Waals surface area contributed by atoms with Crippen LogP contribution in [0.4, 0.5) is 0 Å². The molecule has 0 spiro atoms. The number of dihydropyridines is 1. The highest BCUT2D eigenvalue weighted by Gasteiger charge is 2.32. The zero-order valence-corrected chi connectivity index (χ0v) is 7.01. The molecule has 1 aliphatic rings. The van der Waals surface area contributed by atoms with Crippen LogP contribution in [0.15, 0.2) is 40.0 Å². The maximum Gasteiger partial charge on any atom is 0.139 e. The highest BCUT2D eigenvalue weighted by atomic mass is 16.3. The first kappa shape index (κ1) is 7.98. The molecule has 0 radical (unpaired) electrons. The van der Waals surface area contributed by atoms with Gasteiger partial charge in [-0.25, -0.2) is 0 Å². The fourth-order valence-electron chi connectivity index (χ4n) is 1.37. The third-order valence-electron chi connectivity index (χ3n) is 2.13. The minimum Gasteiger partial charge on any atom is -0.468 e. The number of carbonyl (C=O) groups excluding carboxylic acids is 1. The van der Waals surface area contributed by atoms with Crippen molar-refractivity contribution in [3.8, 4) is 0 Å². The molecule has 0 unspecified atom stereocenters. The maximum atomic E-state index is 11.0. The first-order chi connectivity index (χ1) is 6.37. The van der Waals surface area contributed by atoms with Gasteiger partial charge in [0.05, 0.1) is 12.8 Å². The Labute approximate surface area is 75.8 Å². The van der Waals surface area contributed by atoms with Crippen molar-refractivity contribution in [3.63, 3.8) is 0 Å². The average molecular weight is 175 g/mol. The third kappa shape index (κ3) is 1.22. The first-order valence-corrected chi connectivity index (χ1v) is 4.05. The van der Waals surface area contributed by atoms with Gasteiger partial charge in [-0.3, -0.25) is 4.99 Å². The van der Waals surface area contributed by atoms with Crippen molar-refractivity contribution < 1.29 is 9.21 Å². The van der Waals surface area contributed by atoms with Gasteiger partial charge in [-0.15, -0.1) is 0 Å². The lowest BCUT2D eigenvalue weighted by atomic mass is 9.85. The average Bonchev–Trinajstić information content (AvgIpc) is 2.72. The summed E-state index contributed by atoms with van der Waals surface area (Å²) in [4.78, 5) is 15.0. The van der Waals surface area contributed by atoms with Gasteiger partial charge in [-0.1, -0.05) is 6.08 Å². The van der Waals surface area contributed by atoms with E-state index < -0.39 is 5.41 Å². The van der Waals surface area contributed by atoms with E-state index in [4.69, 9.17) is 4.42 Å². The van der Waals surface area contributed by atoms with Crippen molar-refractivity contribution in [2.24, 2.45) is 4.99 Å². The molecule has 3 nitrogen and oxygen atoms in total. The van der Waals surface area contributed by atoms with Crippen LogP contribution >= 0.6 is 0 Å². The summed E-state index contributed by atoms with van der Waals surface area (Å²) in [5, 5.41) is 0. The van der Waals surface area contributed by atoms with E-state index in [9.17, 15) is 4.79 Å². The van der Waals surface area contributed by atoms with E-state index in [2.05, 4.69) is 4.99 Å². The lowest BCUT2D eigenvalue weighted by Crippen LogP contribution is -2.30. The molecule has 0 bridgehead atoms. The van der Waals surface area contributed by atoms with Crippen LogP contribution in [0.5, 0.6) is 0 Å². The van der Waals surface area contributed by atoms with Crippen LogP contribution in [0.3, 0.4) is 0 Å². The minimum absolute atomic E-state index is 0.431. The van der Waals surface area contributed by atoms with Gasteiger partial charge in [0.25, 0.3) is 0 Å². The molecule has 0 saturated heterocycles. The predicted molar refractivity (Wildman–Crippen MR) is 48.9 cm³/mol. The molecule has 0 aliphatic carbocycles. The number of rotatable bonds is 2. The SMILES string of the molecule is O=C[C@]1(c2ccco2)C=CC=NC1. The molecule has 1 aromatic heterocycles. The Morgan fingerprint density at radius 3 is 3.08 bits per heavy atom. The molecule has 0 N–H and O–H groups in total. The highest BCUT2D eigenvalue weighted by Crippen LogP contribution is 2.26. The molecule has 0 aromatic carbocycles. The maximum absolute atomic E-state index is 11.0. The Balaban J connectivity index is 2.42. The molecule has 1 aliphatic heterocycles. The number of hydrogen-bond acceptors (Lipinski definition) is 3. The summed E-state index contributed by atoms with van der Waals surface area (Å²) in [5.74, 6) is 0.649. The summed E-state index contributed by atoms with van der Waals surface area (Å²) in [6.45, 7) is 0.431. The van der Waals surface area contributed by atoms with E-state index in [1.165, 1.54) is 0 Å². The van der Waals surface area contributed by atoms with Crippen molar-refractivity contribution in [2.75, 3.05) is 6.54 Å². The van der Waals surface area contributed by atoms with Gasteiger partial charge < -0.3 is 9.21 Å². The van der Waals surface area contributed by atoms with Gasteiger partial charge >= 0.3 is 0 Å². The fourth-order valence-corrected chi connectivity index (χ4v) is 1.37. The molecule has 13 heavy (non-hydrogen) atoms. The molecule has 1 aromatic rings. The van der Waals surface area contributed by atoms with Crippen LogP contribution in [0.2, 0.25) is 0 Å².